The summed E-state index contributed by atoms with van der Waals surface area (Å²) in [5.41, 5.74) is 1.09. The fourth-order valence-electron chi connectivity index (χ4n) is 4.15. The Morgan fingerprint density at radius 2 is 1.42 bits per heavy atom. The quantitative estimate of drug-likeness (QED) is 0.442. The third kappa shape index (κ3) is 5.48. The maximum absolute atomic E-state index is 13.6. The molecule has 38 heavy (non-hydrogen) atoms. The lowest BCUT2D eigenvalue weighted by molar-refractivity contribution is -0.120. The molecular formula is C26H27N3O7S2. The number of piperazine rings is 1. The molecule has 1 fully saturated rings. The molecule has 12 heteroatoms. The molecule has 1 atom stereocenters. The number of esters is 1. The Hall–Kier alpha value is -3.58. The molecule has 10 nitrogen and oxygen atoms in total. The van der Waals surface area contributed by atoms with Crippen LogP contribution in [0.3, 0.4) is 0 Å². The van der Waals surface area contributed by atoms with E-state index in [4.69, 9.17) is 4.74 Å². The fraction of sp³-hybridized carbons (Fsp3) is 0.231. The third-order valence-corrected chi connectivity index (χ3v) is 10.0. The topological polar surface area (TPSA) is 130 Å². The van der Waals surface area contributed by atoms with Crippen LogP contribution in [0.4, 0.5) is 5.69 Å². The van der Waals surface area contributed by atoms with Gasteiger partial charge in [0.05, 0.1) is 22.5 Å². The number of carbonyl (C=O) groups excluding carboxylic acids is 2. The number of benzene rings is 3. The zero-order valence-corrected chi connectivity index (χ0v) is 22.4. The maximum Gasteiger partial charge on any atom is 0.337 e. The van der Waals surface area contributed by atoms with Crippen molar-refractivity contribution in [2.75, 3.05) is 32.1 Å². The number of sulfonamides is 2. The van der Waals surface area contributed by atoms with E-state index in [-0.39, 0.29) is 34.1 Å². The Kier molecular flexibility index (Phi) is 7.97. The number of nitrogens with zero attached hydrogens (tertiary/aromatic N) is 2. The summed E-state index contributed by atoms with van der Waals surface area (Å²) in [5, 5.41) is 2.69. The smallest absolute Gasteiger partial charge is 0.337 e. The van der Waals surface area contributed by atoms with Crippen molar-refractivity contribution in [3.63, 3.8) is 0 Å². The van der Waals surface area contributed by atoms with E-state index in [1.807, 2.05) is 0 Å². The molecule has 0 radical (unpaired) electrons. The molecule has 0 saturated carbocycles. The number of ether oxygens (including phenoxy) is 1. The van der Waals surface area contributed by atoms with Crippen LogP contribution in [0, 0.1) is 6.92 Å². The monoisotopic (exact) mass is 557 g/mol. The number of nitrogens with one attached hydrogen (secondary N) is 1. The van der Waals surface area contributed by atoms with Crippen LogP contribution < -0.4 is 5.32 Å². The van der Waals surface area contributed by atoms with E-state index in [1.54, 1.807) is 49.4 Å². The van der Waals surface area contributed by atoms with Crippen molar-refractivity contribution < 1.29 is 31.2 Å². The van der Waals surface area contributed by atoms with Crippen molar-refractivity contribution in [2.45, 2.75) is 22.8 Å². The van der Waals surface area contributed by atoms with E-state index in [0.29, 0.717) is 5.56 Å². The van der Waals surface area contributed by atoms with E-state index in [1.165, 1.54) is 43.5 Å². The first-order valence-corrected chi connectivity index (χ1v) is 14.6. The number of rotatable bonds is 7. The highest BCUT2D eigenvalue weighted by Crippen LogP contribution is 2.27. The highest BCUT2D eigenvalue weighted by Gasteiger charge is 2.43. The summed E-state index contributed by atoms with van der Waals surface area (Å²) in [4.78, 5) is 25.6. The zero-order valence-electron chi connectivity index (χ0n) is 20.8. The van der Waals surface area contributed by atoms with Gasteiger partial charge in [0, 0.05) is 25.3 Å². The first-order chi connectivity index (χ1) is 18.1. The molecule has 0 unspecified atom stereocenters. The first kappa shape index (κ1) is 27.5. The lowest BCUT2D eigenvalue weighted by atomic mass is 10.1. The lowest BCUT2D eigenvalue weighted by Gasteiger charge is -2.39. The van der Waals surface area contributed by atoms with Crippen molar-refractivity contribution in [2.24, 2.45) is 0 Å². The number of carbonyl (C=O) groups is 2. The predicted octanol–water partition coefficient (Wildman–Crippen LogP) is 2.48. The molecule has 1 N–H and O–H groups in total. The fourth-order valence-corrected chi connectivity index (χ4v) is 7.20. The predicted molar refractivity (Wildman–Crippen MR) is 140 cm³/mol. The van der Waals surface area contributed by atoms with Gasteiger partial charge < -0.3 is 10.1 Å². The van der Waals surface area contributed by atoms with Crippen molar-refractivity contribution in [3.8, 4) is 0 Å². The van der Waals surface area contributed by atoms with Gasteiger partial charge in [0.2, 0.25) is 26.0 Å². The van der Waals surface area contributed by atoms with Crippen LogP contribution in [0.2, 0.25) is 0 Å². The Morgan fingerprint density at radius 1 is 0.842 bits per heavy atom. The molecule has 1 saturated heterocycles. The van der Waals surface area contributed by atoms with Crippen molar-refractivity contribution >= 4 is 37.6 Å². The second-order valence-electron chi connectivity index (χ2n) is 8.63. The molecule has 200 valence electrons. The number of hydrogen-bond donors (Lipinski definition) is 1. The SMILES string of the molecule is COC(=O)c1ccc(C)c(NC(=O)[C@@H]2CN(S(=O)(=O)c3ccccc3)CCN2S(=O)(=O)c2ccccc2)c1. The van der Waals surface area contributed by atoms with Crippen molar-refractivity contribution in [1.29, 1.82) is 0 Å². The standard InChI is InChI=1S/C26H27N3O7S2/c1-19-13-14-20(26(31)36-2)17-23(19)27-25(30)24-18-28(37(32,33)21-9-5-3-6-10-21)15-16-29(24)38(34,35)22-11-7-4-8-12-22/h3-14,17,24H,15-16,18H2,1-2H3,(H,27,30)/t24-/m0/s1. The molecule has 0 aromatic heterocycles. The molecule has 4 rings (SSSR count). The van der Waals surface area contributed by atoms with Crippen LogP contribution in [-0.4, -0.2) is 70.1 Å². The number of hydrogen-bond acceptors (Lipinski definition) is 7. The zero-order chi connectivity index (χ0) is 27.5. The van der Waals surface area contributed by atoms with Crippen LogP contribution in [0.25, 0.3) is 0 Å². The average molecular weight is 558 g/mol. The normalized spacial score (nSPS) is 17.1. The van der Waals surface area contributed by atoms with Crippen LogP contribution in [-0.2, 0) is 29.6 Å². The van der Waals surface area contributed by atoms with Gasteiger partial charge in [-0.1, -0.05) is 42.5 Å². The molecule has 1 aliphatic rings. The Bertz CT molecular complexity index is 1540. The van der Waals surface area contributed by atoms with Gasteiger partial charge in [-0.25, -0.2) is 21.6 Å². The Labute approximate surface area is 221 Å². The Morgan fingerprint density at radius 3 is 2.00 bits per heavy atom. The van der Waals surface area contributed by atoms with Crippen molar-refractivity contribution in [1.82, 2.24) is 8.61 Å². The largest absolute Gasteiger partial charge is 0.465 e. The van der Waals surface area contributed by atoms with E-state index in [9.17, 15) is 26.4 Å². The Balaban J connectivity index is 1.71. The summed E-state index contributed by atoms with van der Waals surface area (Å²) in [5.74, 6) is -1.34. The number of amides is 1. The van der Waals surface area contributed by atoms with Crippen LogP contribution in [0.15, 0.2) is 88.7 Å². The van der Waals surface area contributed by atoms with Gasteiger partial charge in [0.25, 0.3) is 0 Å². The maximum atomic E-state index is 13.6. The molecule has 0 bridgehead atoms. The molecule has 1 heterocycles. The second kappa shape index (κ2) is 11.0. The summed E-state index contributed by atoms with van der Waals surface area (Å²) in [7, 11) is -6.90. The van der Waals surface area contributed by atoms with Gasteiger partial charge in [-0.05, 0) is 48.9 Å². The first-order valence-electron chi connectivity index (χ1n) is 11.7. The molecule has 1 amide bonds. The summed E-state index contributed by atoms with van der Waals surface area (Å²) in [6, 6.07) is 18.6. The highest BCUT2D eigenvalue weighted by atomic mass is 32.2. The van der Waals surface area contributed by atoms with E-state index in [2.05, 4.69) is 5.32 Å². The second-order valence-corrected chi connectivity index (χ2v) is 12.5. The van der Waals surface area contributed by atoms with Gasteiger partial charge in [0.1, 0.15) is 6.04 Å². The summed E-state index contributed by atoms with van der Waals surface area (Å²) < 4.78 is 60.6. The summed E-state index contributed by atoms with van der Waals surface area (Å²) >= 11 is 0. The average Bonchev–Trinajstić information content (AvgIpc) is 2.94. The number of methoxy groups -OCH3 is 1. The van der Waals surface area contributed by atoms with Gasteiger partial charge in [0.15, 0.2) is 0 Å². The molecule has 3 aromatic rings. The van der Waals surface area contributed by atoms with Crippen LogP contribution in [0.1, 0.15) is 15.9 Å². The minimum absolute atomic E-state index is 0.0129. The van der Waals surface area contributed by atoms with E-state index < -0.39 is 44.5 Å². The van der Waals surface area contributed by atoms with Gasteiger partial charge in [-0.3, -0.25) is 4.79 Å². The third-order valence-electron chi connectivity index (χ3n) is 6.24. The van der Waals surface area contributed by atoms with Crippen LogP contribution >= 0.6 is 0 Å². The summed E-state index contributed by atoms with van der Waals surface area (Å²) in [6.45, 7) is 0.944. The molecule has 1 aliphatic heterocycles. The van der Waals surface area contributed by atoms with Gasteiger partial charge in [-0.15, -0.1) is 0 Å². The number of anilines is 1. The molecule has 0 aliphatic carbocycles. The minimum Gasteiger partial charge on any atom is -0.465 e. The van der Waals surface area contributed by atoms with Crippen molar-refractivity contribution in [3.05, 3.63) is 90.0 Å². The molecular weight excluding hydrogens is 530 g/mol. The van der Waals surface area contributed by atoms with Gasteiger partial charge in [-0.2, -0.15) is 8.61 Å². The van der Waals surface area contributed by atoms with E-state index >= 15 is 0 Å². The van der Waals surface area contributed by atoms with Crippen LogP contribution in [0.5, 0.6) is 0 Å². The summed E-state index contributed by atoms with van der Waals surface area (Å²) in [6.07, 6.45) is 0. The molecule has 0 spiro atoms. The van der Waals surface area contributed by atoms with E-state index in [0.717, 1.165) is 8.61 Å². The number of aryl methyl sites for hydroxylation is 1. The van der Waals surface area contributed by atoms with Gasteiger partial charge >= 0.3 is 5.97 Å². The molecule has 3 aromatic carbocycles. The highest BCUT2D eigenvalue weighted by molar-refractivity contribution is 7.89. The lowest BCUT2D eigenvalue weighted by Crippen LogP contribution is -2.60. The minimum atomic E-state index is -4.14.